The van der Waals surface area contributed by atoms with E-state index >= 15 is 0 Å². The summed E-state index contributed by atoms with van der Waals surface area (Å²) in [6.45, 7) is 1.92. The van der Waals surface area contributed by atoms with Crippen molar-refractivity contribution < 1.29 is 13.6 Å². The third-order valence-electron chi connectivity index (χ3n) is 1.07. The monoisotopic (exact) mass is 165 g/mol. The summed E-state index contributed by atoms with van der Waals surface area (Å²) in [6.07, 6.45) is 0.628. The molecule has 0 spiro atoms. The Morgan fingerprint density at radius 2 is 2.30 bits per heavy atom. The highest BCUT2D eigenvalue weighted by Crippen LogP contribution is 1.92. The van der Waals surface area contributed by atoms with Crippen LogP contribution < -0.4 is 0 Å². The Kier molecular flexibility index (Phi) is 4.22. The van der Waals surface area contributed by atoms with E-state index in [1.807, 2.05) is 0 Å². The number of hydrogen-bond donors (Lipinski definition) is 1. The van der Waals surface area contributed by atoms with E-state index in [-0.39, 0.29) is 5.25 Å². The summed E-state index contributed by atoms with van der Waals surface area (Å²) in [4.78, 5) is 11.3. The first-order chi connectivity index (χ1) is 4.57. The van der Waals surface area contributed by atoms with Crippen molar-refractivity contribution in [2.75, 3.05) is 13.6 Å². The average Bonchev–Trinajstić information content (AvgIpc) is 1.87. The van der Waals surface area contributed by atoms with Crippen LogP contribution >= 0.6 is 0 Å². The Hall–Kier alpha value is -0.420. The smallest absolute Gasteiger partial charge is 0.209 e. The predicted molar refractivity (Wildman–Crippen MR) is 38.9 cm³/mol. The van der Waals surface area contributed by atoms with Gasteiger partial charge in [-0.15, -0.1) is 0 Å². The van der Waals surface area contributed by atoms with Crippen LogP contribution in [-0.4, -0.2) is 38.9 Å². The summed E-state index contributed by atoms with van der Waals surface area (Å²) in [6, 6.07) is 0. The molecule has 0 rings (SSSR count). The van der Waals surface area contributed by atoms with Crippen LogP contribution in [0.15, 0.2) is 0 Å². The molecule has 10 heavy (non-hydrogen) atoms. The van der Waals surface area contributed by atoms with Crippen LogP contribution in [0.4, 0.5) is 0 Å². The number of hydrogen-bond acceptors (Lipinski definition) is 2. The molecule has 1 amide bonds. The first-order valence-corrected chi connectivity index (χ1v) is 4.00. The van der Waals surface area contributed by atoms with Crippen LogP contribution in [-0.2, 0) is 15.9 Å². The molecule has 0 aliphatic carbocycles. The van der Waals surface area contributed by atoms with E-state index < -0.39 is 11.1 Å². The summed E-state index contributed by atoms with van der Waals surface area (Å²) >= 11 is -1.83. The third-order valence-corrected chi connectivity index (χ3v) is 1.91. The molecule has 1 N–H and O–H groups in total. The molecule has 0 bridgehead atoms. The fraction of sp³-hybridized carbons (Fsp3) is 0.800. The van der Waals surface area contributed by atoms with Crippen LogP contribution in [0.25, 0.3) is 0 Å². The molecule has 60 valence electrons. The van der Waals surface area contributed by atoms with Gasteiger partial charge in [-0.05, 0) is 6.92 Å². The maximum absolute atomic E-state index is 10.3. The maximum Gasteiger partial charge on any atom is 0.209 e. The second-order valence-corrected chi connectivity index (χ2v) is 3.49. The molecule has 0 radical (unpaired) electrons. The molecule has 4 nitrogen and oxygen atoms in total. The van der Waals surface area contributed by atoms with Gasteiger partial charge in [-0.3, -0.25) is 4.79 Å². The molecule has 0 aliphatic rings. The Balaban J connectivity index is 3.67. The maximum atomic E-state index is 10.3. The van der Waals surface area contributed by atoms with E-state index in [0.717, 1.165) is 0 Å². The van der Waals surface area contributed by atoms with Gasteiger partial charge in [-0.1, -0.05) is 0 Å². The molecule has 0 saturated heterocycles. The van der Waals surface area contributed by atoms with Gasteiger partial charge in [0.15, 0.2) is 11.1 Å². The van der Waals surface area contributed by atoms with E-state index in [9.17, 15) is 9.00 Å². The number of amides is 1. The first-order valence-electron chi connectivity index (χ1n) is 2.83. The quantitative estimate of drug-likeness (QED) is 0.459. The van der Waals surface area contributed by atoms with E-state index in [2.05, 4.69) is 0 Å². The fourth-order valence-electron chi connectivity index (χ4n) is 0.512. The minimum absolute atomic E-state index is 0.312. The summed E-state index contributed by atoms with van der Waals surface area (Å²) in [5.41, 5.74) is 0. The zero-order valence-corrected chi connectivity index (χ0v) is 6.80. The van der Waals surface area contributed by atoms with Gasteiger partial charge >= 0.3 is 0 Å². The van der Waals surface area contributed by atoms with Gasteiger partial charge < -0.3 is 9.45 Å². The molecular formula is C5H11NO3S. The number of rotatable bonds is 4. The Labute approximate surface area is 62.5 Å². The van der Waals surface area contributed by atoms with Crippen molar-refractivity contribution >= 4 is 17.5 Å². The molecule has 0 aromatic heterocycles. The lowest BCUT2D eigenvalue weighted by molar-refractivity contribution is -0.116. The molecule has 0 aliphatic heterocycles. The molecule has 0 aromatic carbocycles. The second-order valence-electron chi connectivity index (χ2n) is 2.13. The van der Waals surface area contributed by atoms with E-state index in [1.165, 1.54) is 4.90 Å². The Morgan fingerprint density at radius 1 is 1.80 bits per heavy atom. The Morgan fingerprint density at radius 3 is 2.60 bits per heavy atom. The first kappa shape index (κ1) is 9.58. The summed E-state index contributed by atoms with van der Waals surface area (Å²) < 4.78 is 18.8. The number of carbonyl (C=O) groups is 1. The van der Waals surface area contributed by atoms with Crippen molar-refractivity contribution in [2.24, 2.45) is 0 Å². The van der Waals surface area contributed by atoms with Crippen molar-refractivity contribution in [3.05, 3.63) is 0 Å². The van der Waals surface area contributed by atoms with Crippen molar-refractivity contribution in [3.63, 3.8) is 0 Å². The highest BCUT2D eigenvalue weighted by molar-refractivity contribution is 7.79. The molecule has 5 heteroatoms. The third kappa shape index (κ3) is 3.58. The van der Waals surface area contributed by atoms with Crippen LogP contribution in [0.5, 0.6) is 0 Å². The lowest BCUT2D eigenvalue weighted by atomic mass is 10.4. The molecule has 2 unspecified atom stereocenters. The number of carbonyl (C=O) groups excluding carboxylic acids is 1. The molecule has 0 saturated carbocycles. The van der Waals surface area contributed by atoms with Crippen LogP contribution in [0.2, 0.25) is 0 Å². The van der Waals surface area contributed by atoms with Gasteiger partial charge in [-0.2, -0.15) is 0 Å². The van der Waals surface area contributed by atoms with Gasteiger partial charge in [0.05, 0.1) is 5.25 Å². The predicted octanol–water partition coefficient (Wildman–Crippen LogP) is -0.315. The van der Waals surface area contributed by atoms with Crippen LogP contribution in [0.1, 0.15) is 6.92 Å². The summed E-state index contributed by atoms with van der Waals surface area (Å²) in [5, 5.41) is -0.379. The molecule has 0 aromatic rings. The van der Waals surface area contributed by atoms with Gasteiger partial charge in [0.1, 0.15) is 0 Å². The van der Waals surface area contributed by atoms with Crippen molar-refractivity contribution in [3.8, 4) is 0 Å². The van der Waals surface area contributed by atoms with Gasteiger partial charge in [0.2, 0.25) is 6.41 Å². The average molecular weight is 165 g/mol. The molecule has 0 fully saturated rings. The SMILES string of the molecule is CC(CN(C)C=O)S(=O)O. The molecular weight excluding hydrogens is 154 g/mol. The van der Waals surface area contributed by atoms with Crippen molar-refractivity contribution in [2.45, 2.75) is 12.2 Å². The largest absolute Gasteiger partial charge is 0.347 e. The van der Waals surface area contributed by atoms with Gasteiger partial charge in [0.25, 0.3) is 0 Å². The lowest BCUT2D eigenvalue weighted by Crippen LogP contribution is -2.28. The zero-order chi connectivity index (χ0) is 8.15. The topological polar surface area (TPSA) is 57.6 Å². The van der Waals surface area contributed by atoms with Crippen molar-refractivity contribution in [1.82, 2.24) is 4.90 Å². The van der Waals surface area contributed by atoms with Crippen LogP contribution in [0.3, 0.4) is 0 Å². The van der Waals surface area contributed by atoms with E-state index in [4.69, 9.17) is 4.55 Å². The van der Waals surface area contributed by atoms with Crippen LogP contribution in [0, 0.1) is 0 Å². The second kappa shape index (κ2) is 4.40. The van der Waals surface area contributed by atoms with E-state index in [0.29, 0.717) is 13.0 Å². The highest BCUT2D eigenvalue weighted by Gasteiger charge is 2.09. The Bertz CT molecular complexity index is 139. The van der Waals surface area contributed by atoms with Gasteiger partial charge in [-0.25, -0.2) is 4.21 Å². The molecule has 0 heterocycles. The fourth-order valence-corrected chi connectivity index (χ4v) is 0.875. The van der Waals surface area contributed by atoms with Gasteiger partial charge in [0, 0.05) is 13.6 Å². The minimum Gasteiger partial charge on any atom is -0.347 e. The minimum atomic E-state index is -1.83. The van der Waals surface area contributed by atoms with E-state index in [1.54, 1.807) is 14.0 Å². The lowest BCUT2D eigenvalue weighted by Gasteiger charge is -2.13. The molecule has 2 atom stereocenters. The highest BCUT2D eigenvalue weighted by atomic mass is 32.2. The summed E-state index contributed by atoms with van der Waals surface area (Å²) in [5.74, 6) is 0. The van der Waals surface area contributed by atoms with Crippen molar-refractivity contribution in [1.29, 1.82) is 0 Å². The number of nitrogens with zero attached hydrogens (tertiary/aromatic N) is 1. The normalized spacial score (nSPS) is 15.9. The standard InChI is InChI=1S/C5H11NO3S/c1-5(10(8)9)3-6(2)4-7/h4-5H,3H2,1-2H3,(H,8,9). The summed E-state index contributed by atoms with van der Waals surface area (Å²) in [7, 11) is 1.57. The zero-order valence-electron chi connectivity index (χ0n) is 5.98.